The van der Waals surface area contributed by atoms with E-state index in [1.165, 1.54) is 21.8 Å². The van der Waals surface area contributed by atoms with Crippen LogP contribution in [0.2, 0.25) is 0 Å². The minimum atomic E-state index is -0.399. The minimum absolute atomic E-state index is 0.0764. The molecule has 2 rings (SSSR count). The van der Waals surface area contributed by atoms with Crippen LogP contribution in [0.1, 0.15) is 35.7 Å². The average molecular weight is 364 g/mol. The molecule has 0 bridgehead atoms. The molecule has 1 amide bonds. The Kier molecular flexibility index (Phi) is 7.34. The summed E-state index contributed by atoms with van der Waals surface area (Å²) in [7, 11) is 0. The van der Waals surface area contributed by atoms with E-state index in [0.29, 0.717) is 23.6 Å². The number of aryl methyl sites for hydroxylation is 1. The number of carbonyl (C=O) groups is 2. The van der Waals surface area contributed by atoms with Gasteiger partial charge in [-0.25, -0.2) is 4.79 Å². The topological polar surface area (TPSA) is 55.4 Å². The smallest absolute Gasteiger partial charge is 0.341 e. The summed E-state index contributed by atoms with van der Waals surface area (Å²) in [5, 5.41) is 5.14. The summed E-state index contributed by atoms with van der Waals surface area (Å²) < 4.78 is 4.98. The van der Waals surface area contributed by atoms with E-state index >= 15 is 0 Å². The van der Waals surface area contributed by atoms with E-state index in [9.17, 15) is 9.59 Å². The Bertz CT molecular complexity index is 680. The highest BCUT2D eigenvalue weighted by molar-refractivity contribution is 7.99. The molecule has 0 unspecified atom stereocenters. The summed E-state index contributed by atoms with van der Waals surface area (Å²) in [5.41, 5.74) is 1.66. The molecule has 0 radical (unpaired) electrons. The van der Waals surface area contributed by atoms with E-state index in [1.807, 2.05) is 0 Å². The van der Waals surface area contributed by atoms with Gasteiger partial charge >= 0.3 is 5.97 Å². The van der Waals surface area contributed by atoms with Gasteiger partial charge in [0.1, 0.15) is 5.00 Å². The number of nitrogens with one attached hydrogen (secondary N) is 1. The molecule has 4 nitrogen and oxygen atoms in total. The van der Waals surface area contributed by atoms with Crippen molar-refractivity contribution in [1.29, 1.82) is 0 Å². The molecule has 0 atom stereocenters. The molecule has 128 valence electrons. The van der Waals surface area contributed by atoms with Gasteiger partial charge in [0.25, 0.3) is 0 Å². The summed E-state index contributed by atoms with van der Waals surface area (Å²) in [6.07, 6.45) is 1.21. The molecule has 0 saturated heterocycles. The first-order chi connectivity index (χ1) is 11.6. The van der Waals surface area contributed by atoms with Gasteiger partial charge in [-0.15, -0.1) is 23.1 Å². The monoisotopic (exact) mass is 363 g/mol. The van der Waals surface area contributed by atoms with Gasteiger partial charge in [-0.3, -0.25) is 4.79 Å². The number of amides is 1. The number of rotatable bonds is 8. The number of thiophene rings is 1. The van der Waals surface area contributed by atoms with Crippen LogP contribution in [-0.2, 0) is 9.53 Å². The maximum Gasteiger partial charge on any atom is 0.341 e. The second-order valence-corrected chi connectivity index (χ2v) is 7.28. The van der Waals surface area contributed by atoms with Crippen molar-refractivity contribution >= 4 is 40.0 Å². The van der Waals surface area contributed by atoms with E-state index in [-0.39, 0.29) is 5.91 Å². The van der Waals surface area contributed by atoms with E-state index in [2.05, 4.69) is 36.5 Å². The molecule has 0 spiro atoms. The third-order valence-electron chi connectivity index (χ3n) is 3.25. The van der Waals surface area contributed by atoms with Crippen molar-refractivity contribution in [2.45, 2.75) is 31.6 Å². The van der Waals surface area contributed by atoms with Gasteiger partial charge in [-0.05, 0) is 49.6 Å². The number of hydrogen-bond acceptors (Lipinski definition) is 5. The molecule has 6 heteroatoms. The van der Waals surface area contributed by atoms with Crippen LogP contribution in [-0.4, -0.2) is 24.2 Å². The SMILES string of the molecule is CCOC(=O)c1ccsc1NC(=O)CCCSc1ccc(C)cc1. The number of esters is 1. The molecule has 0 aliphatic rings. The lowest BCUT2D eigenvalue weighted by molar-refractivity contribution is -0.116. The van der Waals surface area contributed by atoms with Crippen LogP contribution in [0.15, 0.2) is 40.6 Å². The molecule has 0 saturated carbocycles. The minimum Gasteiger partial charge on any atom is -0.462 e. The van der Waals surface area contributed by atoms with Gasteiger partial charge in [0, 0.05) is 11.3 Å². The molecular weight excluding hydrogens is 342 g/mol. The molecule has 0 aliphatic carbocycles. The molecule has 1 aromatic carbocycles. The Hall–Kier alpha value is -1.79. The number of carbonyl (C=O) groups excluding carboxylic acids is 2. The van der Waals surface area contributed by atoms with Crippen LogP contribution in [0, 0.1) is 6.92 Å². The van der Waals surface area contributed by atoms with Crippen molar-refractivity contribution < 1.29 is 14.3 Å². The first kappa shape index (κ1) is 18.5. The van der Waals surface area contributed by atoms with Crippen LogP contribution >= 0.6 is 23.1 Å². The van der Waals surface area contributed by atoms with Crippen LogP contribution < -0.4 is 5.32 Å². The zero-order valence-electron chi connectivity index (χ0n) is 13.8. The van der Waals surface area contributed by atoms with Crippen LogP contribution in [0.3, 0.4) is 0 Å². The van der Waals surface area contributed by atoms with Gasteiger partial charge in [0.2, 0.25) is 5.91 Å². The van der Waals surface area contributed by atoms with E-state index < -0.39 is 5.97 Å². The Balaban J connectivity index is 1.75. The lowest BCUT2D eigenvalue weighted by Gasteiger charge is -2.06. The van der Waals surface area contributed by atoms with Crippen molar-refractivity contribution in [3.8, 4) is 0 Å². The fraction of sp³-hybridized carbons (Fsp3) is 0.333. The van der Waals surface area contributed by atoms with Crippen LogP contribution in [0.25, 0.3) is 0 Å². The van der Waals surface area contributed by atoms with E-state index in [4.69, 9.17) is 4.74 Å². The average Bonchev–Trinajstić information content (AvgIpc) is 3.01. The predicted octanol–water partition coefficient (Wildman–Crippen LogP) is 4.74. The first-order valence-corrected chi connectivity index (χ1v) is 9.70. The van der Waals surface area contributed by atoms with Gasteiger partial charge in [0.15, 0.2) is 0 Å². The summed E-state index contributed by atoms with van der Waals surface area (Å²) >= 11 is 3.07. The Morgan fingerprint density at radius 1 is 1.21 bits per heavy atom. The maximum absolute atomic E-state index is 12.0. The number of hydrogen-bond donors (Lipinski definition) is 1. The Morgan fingerprint density at radius 3 is 2.67 bits per heavy atom. The quantitative estimate of drug-likeness (QED) is 0.418. The largest absolute Gasteiger partial charge is 0.462 e. The summed E-state index contributed by atoms with van der Waals surface area (Å²) in [5.74, 6) is 0.405. The molecule has 1 N–H and O–H groups in total. The number of thioether (sulfide) groups is 1. The van der Waals surface area contributed by atoms with Crippen molar-refractivity contribution in [3.63, 3.8) is 0 Å². The van der Waals surface area contributed by atoms with E-state index in [0.717, 1.165) is 12.2 Å². The number of anilines is 1. The van der Waals surface area contributed by atoms with Gasteiger partial charge < -0.3 is 10.1 Å². The fourth-order valence-electron chi connectivity index (χ4n) is 2.02. The lowest BCUT2D eigenvalue weighted by Crippen LogP contribution is -2.14. The van der Waals surface area contributed by atoms with Gasteiger partial charge in [-0.2, -0.15) is 0 Å². The zero-order valence-corrected chi connectivity index (χ0v) is 15.5. The summed E-state index contributed by atoms with van der Waals surface area (Å²) in [4.78, 5) is 25.0. The summed E-state index contributed by atoms with van der Waals surface area (Å²) in [6.45, 7) is 4.14. The van der Waals surface area contributed by atoms with Gasteiger partial charge in [0.05, 0.1) is 12.2 Å². The molecular formula is C18H21NO3S2. The predicted molar refractivity (Wildman–Crippen MR) is 100 cm³/mol. The van der Waals surface area contributed by atoms with Crippen molar-refractivity contribution in [1.82, 2.24) is 0 Å². The van der Waals surface area contributed by atoms with Crippen LogP contribution in [0.5, 0.6) is 0 Å². The number of ether oxygens (including phenoxy) is 1. The lowest BCUT2D eigenvalue weighted by atomic mass is 10.2. The molecule has 0 aliphatic heterocycles. The normalized spacial score (nSPS) is 10.4. The molecule has 2 aromatic rings. The third kappa shape index (κ3) is 5.69. The highest BCUT2D eigenvalue weighted by Crippen LogP contribution is 2.25. The van der Waals surface area contributed by atoms with Gasteiger partial charge in [-0.1, -0.05) is 17.7 Å². The highest BCUT2D eigenvalue weighted by atomic mass is 32.2. The summed E-state index contributed by atoms with van der Waals surface area (Å²) in [6, 6.07) is 10.0. The molecule has 1 heterocycles. The Morgan fingerprint density at radius 2 is 1.96 bits per heavy atom. The van der Waals surface area contributed by atoms with Crippen molar-refractivity contribution in [2.75, 3.05) is 17.7 Å². The van der Waals surface area contributed by atoms with Crippen molar-refractivity contribution in [3.05, 3.63) is 46.8 Å². The molecule has 0 fully saturated rings. The fourth-order valence-corrected chi connectivity index (χ4v) is 3.67. The maximum atomic E-state index is 12.0. The second-order valence-electron chi connectivity index (χ2n) is 5.20. The molecule has 24 heavy (non-hydrogen) atoms. The van der Waals surface area contributed by atoms with Crippen LogP contribution in [0.4, 0.5) is 5.00 Å². The third-order valence-corrected chi connectivity index (χ3v) is 5.18. The number of benzene rings is 1. The van der Waals surface area contributed by atoms with Crippen molar-refractivity contribution in [2.24, 2.45) is 0 Å². The molecule has 1 aromatic heterocycles. The second kappa shape index (κ2) is 9.49. The Labute approximate surface area is 150 Å². The first-order valence-electron chi connectivity index (χ1n) is 7.84. The van der Waals surface area contributed by atoms with E-state index in [1.54, 1.807) is 30.1 Å². The zero-order chi connectivity index (χ0) is 17.4. The standard InChI is InChI=1S/C18H21NO3S2/c1-3-22-18(21)15-10-12-24-17(15)19-16(20)5-4-11-23-14-8-6-13(2)7-9-14/h6-10,12H,3-5,11H2,1-2H3,(H,19,20). The highest BCUT2D eigenvalue weighted by Gasteiger charge is 2.15.